The summed E-state index contributed by atoms with van der Waals surface area (Å²) in [5.74, 6) is 0.301. The lowest BCUT2D eigenvalue weighted by molar-refractivity contribution is -0.124. The van der Waals surface area contributed by atoms with Crippen LogP contribution in [0.4, 0.5) is 5.69 Å². The number of ketones is 2. The maximum Gasteiger partial charge on any atom is 0.255 e. The van der Waals surface area contributed by atoms with E-state index in [1.165, 1.54) is 31.4 Å². The molecule has 4 rings (SSSR count). The number of hydrogen-bond acceptors (Lipinski definition) is 6. The van der Waals surface area contributed by atoms with Crippen LogP contribution in [-0.2, 0) is 14.4 Å². The van der Waals surface area contributed by atoms with Gasteiger partial charge in [-0.05, 0) is 43.7 Å². The zero-order valence-corrected chi connectivity index (χ0v) is 20.1. The van der Waals surface area contributed by atoms with E-state index in [4.69, 9.17) is 27.9 Å². The van der Waals surface area contributed by atoms with Crippen molar-refractivity contribution in [1.29, 1.82) is 0 Å². The smallest absolute Gasteiger partial charge is 0.255 e. The summed E-state index contributed by atoms with van der Waals surface area (Å²) >= 11 is 12.9. The van der Waals surface area contributed by atoms with Crippen LogP contribution in [0.1, 0.15) is 52.4 Å². The zero-order valence-electron chi connectivity index (χ0n) is 18.6. The van der Waals surface area contributed by atoms with Gasteiger partial charge in [0.1, 0.15) is 12.3 Å². The summed E-state index contributed by atoms with van der Waals surface area (Å²) in [4.78, 5) is 40.7. The molecule has 0 N–H and O–H groups in total. The third kappa shape index (κ3) is 5.04. The van der Waals surface area contributed by atoms with Gasteiger partial charge in [0.15, 0.2) is 17.3 Å². The van der Waals surface area contributed by atoms with Crippen LogP contribution >= 0.6 is 23.2 Å². The van der Waals surface area contributed by atoms with Crippen LogP contribution < -0.4 is 9.75 Å². The summed E-state index contributed by atoms with van der Waals surface area (Å²) in [7, 11) is 0. The van der Waals surface area contributed by atoms with Crippen LogP contribution in [0.2, 0.25) is 10.0 Å². The zero-order chi connectivity index (χ0) is 23.7. The molecule has 1 fully saturated rings. The summed E-state index contributed by atoms with van der Waals surface area (Å²) in [5.41, 5.74) is 1.29. The van der Waals surface area contributed by atoms with E-state index in [2.05, 4.69) is 17.0 Å². The second kappa shape index (κ2) is 9.77. The van der Waals surface area contributed by atoms with E-state index < -0.39 is 5.91 Å². The van der Waals surface area contributed by atoms with E-state index >= 15 is 0 Å². The molecular formula is C24H25Cl2N3O4. The van der Waals surface area contributed by atoms with Gasteiger partial charge in [0.05, 0.1) is 22.2 Å². The highest BCUT2D eigenvalue weighted by Gasteiger charge is 2.30. The Labute approximate surface area is 202 Å². The molecule has 0 aromatic heterocycles. The molecule has 7 nitrogen and oxygen atoms in total. The molecule has 2 aliphatic heterocycles. The molecule has 1 atom stereocenters. The van der Waals surface area contributed by atoms with Crippen molar-refractivity contribution in [2.24, 2.45) is 21.9 Å². The third-order valence-corrected chi connectivity index (χ3v) is 7.02. The minimum atomic E-state index is -0.467. The Morgan fingerprint density at radius 2 is 1.73 bits per heavy atom. The quantitative estimate of drug-likeness (QED) is 0.545. The van der Waals surface area contributed by atoms with Crippen molar-refractivity contribution >= 4 is 58.0 Å². The van der Waals surface area contributed by atoms with Crippen LogP contribution in [0.3, 0.4) is 0 Å². The van der Waals surface area contributed by atoms with Gasteiger partial charge in [-0.2, -0.15) is 10.1 Å². The molecule has 1 aromatic rings. The number of nitrogens with zero attached hydrogens (tertiary/aromatic N) is 3. The molecule has 0 spiro atoms. The second-order valence-electron chi connectivity index (χ2n) is 8.70. The number of benzene rings is 1. The molecule has 3 aliphatic rings. The minimum absolute atomic E-state index is 0.0133. The number of amides is 1. The number of rotatable bonds is 4. The van der Waals surface area contributed by atoms with E-state index in [0.29, 0.717) is 11.6 Å². The van der Waals surface area contributed by atoms with Crippen LogP contribution in [-0.4, -0.2) is 35.6 Å². The first kappa shape index (κ1) is 23.6. The number of hydrogen-bond donors (Lipinski definition) is 0. The molecule has 1 aromatic carbocycles. The Bertz CT molecular complexity index is 1080. The minimum Gasteiger partial charge on any atom is -0.436 e. The normalized spacial score (nSPS) is 20.9. The van der Waals surface area contributed by atoms with Crippen LogP contribution in [0.15, 0.2) is 33.9 Å². The van der Waals surface area contributed by atoms with Gasteiger partial charge in [0.2, 0.25) is 5.90 Å². The van der Waals surface area contributed by atoms with Gasteiger partial charge in [-0.25, -0.2) is 4.99 Å². The van der Waals surface area contributed by atoms with Crippen LogP contribution in [0.25, 0.3) is 0 Å². The highest BCUT2D eigenvalue weighted by molar-refractivity contribution is 6.44. The average Bonchev–Trinajstić information content (AvgIpc) is 2.79. The third-order valence-electron chi connectivity index (χ3n) is 6.46. The lowest BCUT2D eigenvalue weighted by Crippen LogP contribution is -2.36. The molecule has 174 valence electrons. The number of Topliss-reactive ketones (excluding diaryl/α,β-unsaturated/α-hetero) is 2. The molecule has 1 saturated carbocycles. The van der Waals surface area contributed by atoms with Crippen LogP contribution in [0, 0.1) is 11.8 Å². The van der Waals surface area contributed by atoms with Crippen molar-refractivity contribution in [3.05, 3.63) is 33.8 Å². The first-order chi connectivity index (χ1) is 15.7. The lowest BCUT2D eigenvalue weighted by Gasteiger charge is -2.29. The first-order valence-corrected chi connectivity index (χ1v) is 11.9. The predicted octanol–water partition coefficient (Wildman–Crippen LogP) is 5.18. The molecule has 1 aliphatic carbocycles. The molecule has 9 heteroatoms. The van der Waals surface area contributed by atoms with Crippen LogP contribution in [0.5, 0.6) is 5.75 Å². The van der Waals surface area contributed by atoms with Gasteiger partial charge < -0.3 is 4.74 Å². The number of hydrazone groups is 1. The topological polar surface area (TPSA) is 88.4 Å². The summed E-state index contributed by atoms with van der Waals surface area (Å²) in [6.45, 7) is 3.67. The molecule has 1 unspecified atom stereocenters. The van der Waals surface area contributed by atoms with Gasteiger partial charge in [0, 0.05) is 11.6 Å². The maximum atomic E-state index is 12.6. The number of carbonyl (C=O) groups is 3. The van der Waals surface area contributed by atoms with Crippen molar-refractivity contribution in [2.75, 3.05) is 11.6 Å². The highest BCUT2D eigenvalue weighted by Crippen LogP contribution is 2.39. The SMILES string of the molecule is CC1=NN(c2cc(Cl)c(OC3=NCC(=O)C(C(C)C4CCCCC4)=C3)c(Cl)c2)C(=O)CC1=O. The monoisotopic (exact) mass is 489 g/mol. The second-order valence-corrected chi connectivity index (χ2v) is 9.51. The standard InChI is InChI=1S/C24H25Cl2N3O4/c1-13(15-6-4-3-5-7-15)17-10-22(27-12-21(17)31)33-24-18(25)8-16(9-19(24)26)29-23(32)11-20(30)14(2)28-29/h8-10,13,15H,3-7,11-12H2,1-2H3. The van der Waals surface area contributed by atoms with Gasteiger partial charge in [-0.15, -0.1) is 0 Å². The van der Waals surface area contributed by atoms with E-state index in [-0.39, 0.29) is 57.9 Å². The number of dihydropyridines is 1. The Morgan fingerprint density at radius 1 is 1.06 bits per heavy atom. The van der Waals surface area contributed by atoms with Gasteiger partial charge in [-0.3, -0.25) is 14.4 Å². The van der Waals surface area contributed by atoms with Crippen molar-refractivity contribution < 1.29 is 19.1 Å². The molecule has 0 saturated heterocycles. The molecular weight excluding hydrogens is 465 g/mol. The lowest BCUT2D eigenvalue weighted by atomic mass is 9.76. The summed E-state index contributed by atoms with van der Waals surface area (Å²) in [6.07, 6.45) is 7.33. The maximum absolute atomic E-state index is 12.6. The number of ether oxygens (including phenoxy) is 1. The van der Waals surface area contributed by atoms with Crippen molar-refractivity contribution in [3.63, 3.8) is 0 Å². The van der Waals surface area contributed by atoms with Crippen molar-refractivity contribution in [1.82, 2.24) is 0 Å². The summed E-state index contributed by atoms with van der Waals surface area (Å²) in [6, 6.07) is 2.99. The summed E-state index contributed by atoms with van der Waals surface area (Å²) in [5, 5.41) is 5.47. The molecule has 33 heavy (non-hydrogen) atoms. The number of halogens is 2. The van der Waals surface area contributed by atoms with Crippen molar-refractivity contribution in [2.45, 2.75) is 52.4 Å². The van der Waals surface area contributed by atoms with Gasteiger partial charge in [0.25, 0.3) is 5.91 Å². The highest BCUT2D eigenvalue weighted by atomic mass is 35.5. The fourth-order valence-corrected chi connectivity index (χ4v) is 5.06. The Balaban J connectivity index is 1.56. The Kier molecular flexibility index (Phi) is 7.00. The fraction of sp³-hybridized carbons (Fsp3) is 0.458. The predicted molar refractivity (Wildman–Crippen MR) is 128 cm³/mol. The van der Waals surface area contributed by atoms with E-state index in [9.17, 15) is 14.4 Å². The number of anilines is 1. The Morgan fingerprint density at radius 3 is 2.39 bits per heavy atom. The number of aliphatic imine (C=N–C) groups is 1. The fourth-order valence-electron chi connectivity index (χ4n) is 4.51. The van der Waals surface area contributed by atoms with E-state index in [1.54, 1.807) is 13.0 Å². The summed E-state index contributed by atoms with van der Waals surface area (Å²) < 4.78 is 5.90. The van der Waals surface area contributed by atoms with Crippen molar-refractivity contribution in [3.8, 4) is 5.75 Å². The molecule has 0 radical (unpaired) electrons. The average molecular weight is 490 g/mol. The van der Waals surface area contributed by atoms with Gasteiger partial charge in [-0.1, -0.05) is 49.4 Å². The molecule has 2 heterocycles. The number of carbonyl (C=O) groups excluding carboxylic acids is 3. The van der Waals surface area contributed by atoms with E-state index in [0.717, 1.165) is 23.4 Å². The van der Waals surface area contributed by atoms with Gasteiger partial charge >= 0.3 is 0 Å². The molecule has 1 amide bonds. The van der Waals surface area contributed by atoms with E-state index in [1.807, 2.05) is 0 Å². The Hall–Kier alpha value is -2.51. The largest absolute Gasteiger partial charge is 0.436 e. The molecule has 0 bridgehead atoms. The first-order valence-electron chi connectivity index (χ1n) is 11.1.